The Morgan fingerprint density at radius 3 is 1.64 bits per heavy atom. The van der Waals surface area contributed by atoms with Crippen LogP contribution in [0.2, 0.25) is 0 Å². The highest BCUT2D eigenvalue weighted by Crippen LogP contribution is 2.37. The molecule has 1 aliphatic rings. The van der Waals surface area contributed by atoms with Crippen molar-refractivity contribution in [1.82, 2.24) is 0 Å². The summed E-state index contributed by atoms with van der Waals surface area (Å²) in [6.07, 6.45) is 13.0. The number of hydrogen-bond acceptors (Lipinski definition) is 0. The molecule has 182 valence electrons. The molecule has 0 bridgehead atoms. The zero-order valence-electron chi connectivity index (χ0n) is 22.1. The van der Waals surface area contributed by atoms with Crippen LogP contribution in [0.3, 0.4) is 0 Å². The maximum Gasteiger partial charge on any atom is 0.0272 e. The third-order valence-electron chi connectivity index (χ3n) is 7.31. The number of rotatable bonds is 10. The molecule has 0 spiro atoms. The predicted octanol–water partition coefficient (Wildman–Crippen LogP) is 9.69. The summed E-state index contributed by atoms with van der Waals surface area (Å²) in [4.78, 5) is 0. The molecule has 3 aromatic carbocycles. The average Bonchev–Trinajstić information content (AvgIpc) is 3.40. The van der Waals surface area contributed by atoms with Gasteiger partial charge < -0.3 is 0 Å². The Bertz CT molecular complexity index is 1290. The standard InChI is InChI=1S/C36H38/c1-6-28-12-18-31(19-13-28)26(4)24-35(33-22-16-30(8-3)17-23-33)25-34-10-9-11-36(34)27(5)32-20-14-29(7-2)15-21-32/h9-23,25,36H,4-8,24H2,1-3H3/b35-25-. The van der Waals surface area contributed by atoms with Crippen LogP contribution in [0.5, 0.6) is 0 Å². The maximum absolute atomic E-state index is 4.50. The van der Waals surface area contributed by atoms with Gasteiger partial charge in [0.25, 0.3) is 0 Å². The summed E-state index contributed by atoms with van der Waals surface area (Å²) in [5.74, 6) is 0.180. The van der Waals surface area contributed by atoms with Crippen LogP contribution < -0.4 is 0 Å². The van der Waals surface area contributed by atoms with E-state index in [2.05, 4.69) is 131 Å². The largest absolute Gasteiger partial charge is 0.0949 e. The van der Waals surface area contributed by atoms with Gasteiger partial charge in [0.05, 0.1) is 0 Å². The summed E-state index contributed by atoms with van der Waals surface area (Å²) in [6, 6.07) is 26.7. The van der Waals surface area contributed by atoms with Crippen molar-refractivity contribution < 1.29 is 0 Å². The lowest BCUT2D eigenvalue weighted by molar-refractivity contribution is 1.05. The summed E-state index contributed by atoms with van der Waals surface area (Å²) in [6.45, 7) is 15.6. The summed E-state index contributed by atoms with van der Waals surface area (Å²) < 4.78 is 0. The van der Waals surface area contributed by atoms with Crippen LogP contribution in [0.25, 0.3) is 16.7 Å². The highest BCUT2D eigenvalue weighted by molar-refractivity contribution is 5.82. The molecule has 0 saturated carbocycles. The van der Waals surface area contributed by atoms with Gasteiger partial charge in [-0.3, -0.25) is 0 Å². The van der Waals surface area contributed by atoms with Crippen molar-refractivity contribution in [3.8, 4) is 0 Å². The highest BCUT2D eigenvalue weighted by atomic mass is 14.2. The first-order valence-corrected chi connectivity index (χ1v) is 13.3. The second kappa shape index (κ2) is 11.9. The average molecular weight is 471 g/mol. The number of allylic oxidation sites excluding steroid dienone is 8. The minimum Gasteiger partial charge on any atom is -0.0949 e. The van der Waals surface area contributed by atoms with Crippen LogP contribution in [-0.4, -0.2) is 0 Å². The normalized spacial score (nSPS) is 15.1. The second-order valence-corrected chi connectivity index (χ2v) is 9.66. The Labute approximate surface area is 218 Å². The van der Waals surface area contributed by atoms with Crippen LogP contribution in [-0.2, 0) is 19.3 Å². The fourth-order valence-corrected chi connectivity index (χ4v) is 4.78. The lowest BCUT2D eigenvalue weighted by Crippen LogP contribution is -2.01. The smallest absolute Gasteiger partial charge is 0.0272 e. The third kappa shape index (κ3) is 5.94. The molecule has 1 atom stereocenters. The molecule has 0 saturated heterocycles. The lowest BCUT2D eigenvalue weighted by Gasteiger charge is -2.18. The van der Waals surface area contributed by atoms with Gasteiger partial charge in [-0.25, -0.2) is 0 Å². The van der Waals surface area contributed by atoms with E-state index in [0.29, 0.717) is 0 Å². The van der Waals surface area contributed by atoms with Gasteiger partial charge in [0.15, 0.2) is 0 Å². The molecule has 0 aliphatic heterocycles. The Balaban J connectivity index is 1.64. The molecular weight excluding hydrogens is 432 g/mol. The van der Waals surface area contributed by atoms with Gasteiger partial charge in [-0.2, -0.15) is 0 Å². The van der Waals surface area contributed by atoms with E-state index in [9.17, 15) is 0 Å². The lowest BCUT2D eigenvalue weighted by atomic mass is 9.86. The molecule has 1 unspecified atom stereocenters. The molecule has 0 fully saturated rings. The molecule has 3 aromatic rings. The van der Waals surface area contributed by atoms with E-state index in [1.165, 1.54) is 44.5 Å². The Morgan fingerprint density at radius 1 is 0.667 bits per heavy atom. The molecule has 4 rings (SSSR count). The van der Waals surface area contributed by atoms with Gasteiger partial charge in [0, 0.05) is 5.92 Å². The van der Waals surface area contributed by atoms with Gasteiger partial charge >= 0.3 is 0 Å². The minimum absolute atomic E-state index is 0.180. The highest BCUT2D eigenvalue weighted by Gasteiger charge is 2.19. The van der Waals surface area contributed by atoms with Gasteiger partial charge in [-0.05, 0) is 81.4 Å². The Morgan fingerprint density at radius 2 is 1.14 bits per heavy atom. The van der Waals surface area contributed by atoms with E-state index in [-0.39, 0.29) is 5.92 Å². The van der Waals surface area contributed by atoms with Crippen LogP contribution in [0.15, 0.2) is 116 Å². The van der Waals surface area contributed by atoms with Crippen molar-refractivity contribution in [2.45, 2.75) is 46.5 Å². The summed E-state index contributed by atoms with van der Waals surface area (Å²) in [5, 5.41) is 0. The molecule has 0 nitrogen and oxygen atoms in total. The first-order valence-electron chi connectivity index (χ1n) is 13.3. The van der Waals surface area contributed by atoms with E-state index in [4.69, 9.17) is 0 Å². The van der Waals surface area contributed by atoms with Gasteiger partial charge in [0.1, 0.15) is 0 Å². The first kappa shape index (κ1) is 25.5. The van der Waals surface area contributed by atoms with Gasteiger partial charge in [-0.1, -0.05) is 131 Å². The SMILES string of the molecule is C=C(C/C(=C/C1=CC=CC1C(=C)c1ccc(CC)cc1)c1ccc(CC)cc1)c1ccc(CC)cc1. The summed E-state index contributed by atoms with van der Waals surface area (Å²) in [5.41, 5.74) is 12.6. The van der Waals surface area contributed by atoms with Crippen molar-refractivity contribution in [1.29, 1.82) is 0 Å². The first-order chi connectivity index (χ1) is 17.5. The zero-order valence-corrected chi connectivity index (χ0v) is 22.1. The van der Waals surface area contributed by atoms with Crippen LogP contribution in [0.1, 0.15) is 60.6 Å². The van der Waals surface area contributed by atoms with Crippen molar-refractivity contribution in [2.24, 2.45) is 5.92 Å². The summed E-state index contributed by atoms with van der Waals surface area (Å²) in [7, 11) is 0. The van der Waals surface area contributed by atoms with Crippen LogP contribution >= 0.6 is 0 Å². The number of aryl methyl sites for hydroxylation is 3. The number of hydrogen-bond donors (Lipinski definition) is 0. The Hall–Kier alpha value is -3.64. The van der Waals surface area contributed by atoms with Crippen LogP contribution in [0.4, 0.5) is 0 Å². The fourth-order valence-electron chi connectivity index (χ4n) is 4.78. The molecule has 0 aromatic heterocycles. The van der Waals surface area contributed by atoms with Crippen molar-refractivity contribution >= 4 is 16.7 Å². The molecule has 0 heterocycles. The molecule has 0 heteroatoms. The molecule has 1 aliphatic carbocycles. The van der Waals surface area contributed by atoms with E-state index in [1.807, 2.05) is 0 Å². The summed E-state index contributed by atoms with van der Waals surface area (Å²) >= 11 is 0. The van der Waals surface area contributed by atoms with E-state index in [0.717, 1.165) is 36.8 Å². The maximum atomic E-state index is 4.50. The molecular formula is C36H38. The fraction of sp³-hybridized carbons (Fsp3) is 0.222. The van der Waals surface area contributed by atoms with Gasteiger partial charge in [-0.15, -0.1) is 0 Å². The predicted molar refractivity (Wildman–Crippen MR) is 159 cm³/mol. The third-order valence-corrected chi connectivity index (χ3v) is 7.31. The molecule has 0 N–H and O–H groups in total. The quantitative estimate of drug-likeness (QED) is 0.277. The van der Waals surface area contributed by atoms with Crippen molar-refractivity contribution in [2.75, 3.05) is 0 Å². The molecule has 0 amide bonds. The zero-order chi connectivity index (χ0) is 25.5. The van der Waals surface area contributed by atoms with E-state index in [1.54, 1.807) is 0 Å². The van der Waals surface area contributed by atoms with Gasteiger partial charge in [0.2, 0.25) is 0 Å². The van der Waals surface area contributed by atoms with E-state index < -0.39 is 0 Å². The monoisotopic (exact) mass is 470 g/mol. The topological polar surface area (TPSA) is 0 Å². The van der Waals surface area contributed by atoms with Crippen LogP contribution in [0, 0.1) is 5.92 Å². The van der Waals surface area contributed by atoms with Crippen molar-refractivity contribution in [3.63, 3.8) is 0 Å². The number of benzene rings is 3. The van der Waals surface area contributed by atoms with E-state index >= 15 is 0 Å². The molecule has 36 heavy (non-hydrogen) atoms. The molecule has 0 radical (unpaired) electrons. The van der Waals surface area contributed by atoms with Crippen molar-refractivity contribution in [3.05, 3.63) is 149 Å². The Kier molecular flexibility index (Phi) is 8.39. The minimum atomic E-state index is 0.180. The second-order valence-electron chi connectivity index (χ2n) is 9.66.